The van der Waals surface area contributed by atoms with Crippen molar-refractivity contribution in [3.8, 4) is 5.75 Å². The van der Waals surface area contributed by atoms with Crippen molar-refractivity contribution in [3.63, 3.8) is 0 Å². The van der Waals surface area contributed by atoms with Gasteiger partial charge in [0.15, 0.2) is 5.82 Å². The number of fused-ring (bicyclic) bond motifs is 1. The van der Waals surface area contributed by atoms with Gasteiger partial charge in [-0.3, -0.25) is 9.59 Å². The Morgan fingerprint density at radius 1 is 1.26 bits per heavy atom. The number of para-hydroxylation sites is 2. The van der Waals surface area contributed by atoms with E-state index in [2.05, 4.69) is 15.6 Å². The molecule has 2 aromatic rings. The minimum Gasteiger partial charge on any atom is -0.495 e. The van der Waals surface area contributed by atoms with Crippen LogP contribution in [-0.4, -0.2) is 34.5 Å². The van der Waals surface area contributed by atoms with Gasteiger partial charge in [0.05, 0.1) is 18.5 Å². The Morgan fingerprint density at radius 3 is 2.78 bits per heavy atom. The summed E-state index contributed by atoms with van der Waals surface area (Å²) in [5.41, 5.74) is 1.77. The molecule has 0 spiro atoms. The molecule has 2 amide bonds. The number of imidazole rings is 1. The summed E-state index contributed by atoms with van der Waals surface area (Å²) in [5.74, 6) is 0.285. The van der Waals surface area contributed by atoms with E-state index < -0.39 is 0 Å². The van der Waals surface area contributed by atoms with Crippen molar-refractivity contribution >= 4 is 17.5 Å². The quantitative estimate of drug-likeness (QED) is 0.818. The summed E-state index contributed by atoms with van der Waals surface area (Å²) < 4.78 is 7.16. The van der Waals surface area contributed by atoms with Crippen LogP contribution in [0.2, 0.25) is 0 Å². The van der Waals surface area contributed by atoms with Crippen LogP contribution in [0.5, 0.6) is 5.75 Å². The van der Waals surface area contributed by atoms with E-state index in [1.54, 1.807) is 19.2 Å². The van der Waals surface area contributed by atoms with Crippen molar-refractivity contribution in [2.45, 2.75) is 52.1 Å². The van der Waals surface area contributed by atoms with Gasteiger partial charge in [0.25, 0.3) is 11.8 Å². The molecule has 0 aliphatic carbocycles. The number of nitrogens with one attached hydrogen (secondary N) is 2. The smallest absolute Gasteiger partial charge is 0.291 e. The Bertz CT molecular complexity index is 844. The lowest BCUT2D eigenvalue weighted by Gasteiger charge is -2.17. The summed E-state index contributed by atoms with van der Waals surface area (Å²) >= 11 is 0. The predicted octanol–water partition coefficient (Wildman–Crippen LogP) is 3.01. The number of anilines is 1. The highest BCUT2D eigenvalue weighted by Crippen LogP contribution is 2.25. The topological polar surface area (TPSA) is 85.2 Å². The van der Waals surface area contributed by atoms with Crippen LogP contribution < -0.4 is 15.4 Å². The first-order valence-corrected chi connectivity index (χ1v) is 9.39. The number of amides is 2. The largest absolute Gasteiger partial charge is 0.495 e. The molecular formula is C20H26N4O3. The zero-order valence-electron chi connectivity index (χ0n) is 16.0. The fraction of sp³-hybridized carbons (Fsp3) is 0.450. The van der Waals surface area contributed by atoms with E-state index in [-0.39, 0.29) is 23.7 Å². The van der Waals surface area contributed by atoms with Crippen LogP contribution in [0.15, 0.2) is 24.3 Å². The molecule has 1 atom stereocenters. The predicted molar refractivity (Wildman–Crippen MR) is 103 cm³/mol. The summed E-state index contributed by atoms with van der Waals surface area (Å²) in [4.78, 5) is 30.0. The van der Waals surface area contributed by atoms with E-state index in [1.165, 1.54) is 0 Å². The van der Waals surface area contributed by atoms with Crippen molar-refractivity contribution in [2.24, 2.45) is 0 Å². The first-order chi connectivity index (χ1) is 13.0. The third-order valence-corrected chi connectivity index (χ3v) is 4.88. The molecule has 1 aromatic carbocycles. The lowest BCUT2D eigenvalue weighted by atomic mass is 10.1. The maximum Gasteiger partial charge on any atom is 0.291 e. The van der Waals surface area contributed by atoms with E-state index in [0.29, 0.717) is 23.7 Å². The van der Waals surface area contributed by atoms with Crippen molar-refractivity contribution < 1.29 is 14.3 Å². The van der Waals surface area contributed by atoms with Crippen molar-refractivity contribution in [2.75, 3.05) is 12.4 Å². The SMILES string of the molecule is CCC(C)NC(=O)c1nc(C(=O)Nc2ccccc2OC)n2c1CCCC2. The lowest BCUT2D eigenvalue weighted by Crippen LogP contribution is -2.33. The van der Waals surface area contributed by atoms with Gasteiger partial charge >= 0.3 is 0 Å². The Balaban J connectivity index is 1.91. The maximum absolute atomic E-state index is 12.9. The third-order valence-electron chi connectivity index (χ3n) is 4.88. The Hall–Kier alpha value is -2.83. The number of methoxy groups -OCH3 is 1. The molecule has 1 aromatic heterocycles. The second-order valence-electron chi connectivity index (χ2n) is 6.78. The number of rotatable bonds is 6. The van der Waals surface area contributed by atoms with Crippen LogP contribution in [0, 0.1) is 0 Å². The standard InChI is InChI=1S/C20H26N4O3/c1-4-13(2)21-19(25)17-15-10-7-8-12-24(15)18(23-17)20(26)22-14-9-5-6-11-16(14)27-3/h5-6,9,11,13H,4,7-8,10,12H2,1-3H3,(H,21,25)(H,22,26). The molecule has 1 unspecified atom stereocenters. The van der Waals surface area contributed by atoms with Crippen molar-refractivity contribution in [1.29, 1.82) is 0 Å². The van der Waals surface area contributed by atoms with E-state index in [1.807, 2.05) is 30.5 Å². The van der Waals surface area contributed by atoms with Gasteiger partial charge in [-0.25, -0.2) is 4.98 Å². The first-order valence-electron chi connectivity index (χ1n) is 9.39. The maximum atomic E-state index is 12.9. The molecule has 7 nitrogen and oxygen atoms in total. The van der Waals surface area contributed by atoms with E-state index in [9.17, 15) is 9.59 Å². The van der Waals surface area contributed by atoms with Crippen LogP contribution in [0.3, 0.4) is 0 Å². The molecule has 0 saturated carbocycles. The highest BCUT2D eigenvalue weighted by atomic mass is 16.5. The van der Waals surface area contributed by atoms with Crippen LogP contribution in [0.25, 0.3) is 0 Å². The molecule has 2 N–H and O–H groups in total. The average molecular weight is 370 g/mol. The Kier molecular flexibility index (Phi) is 5.78. The molecule has 3 rings (SSSR count). The van der Waals surface area contributed by atoms with Crippen molar-refractivity contribution in [3.05, 3.63) is 41.5 Å². The molecule has 27 heavy (non-hydrogen) atoms. The zero-order chi connectivity index (χ0) is 19.4. The van der Waals surface area contributed by atoms with Gasteiger partial charge in [0, 0.05) is 12.6 Å². The van der Waals surface area contributed by atoms with Gasteiger partial charge in [-0.05, 0) is 44.7 Å². The van der Waals surface area contributed by atoms with Crippen LogP contribution in [-0.2, 0) is 13.0 Å². The van der Waals surface area contributed by atoms with Gasteiger partial charge in [-0.1, -0.05) is 19.1 Å². The molecule has 1 aliphatic heterocycles. The summed E-state index contributed by atoms with van der Waals surface area (Å²) in [6, 6.07) is 7.27. The fourth-order valence-electron chi connectivity index (χ4n) is 3.22. The Morgan fingerprint density at radius 2 is 2.04 bits per heavy atom. The second-order valence-corrected chi connectivity index (χ2v) is 6.78. The number of nitrogens with zero attached hydrogens (tertiary/aromatic N) is 2. The molecule has 1 aliphatic rings. The van der Waals surface area contributed by atoms with E-state index in [4.69, 9.17) is 4.74 Å². The molecular weight excluding hydrogens is 344 g/mol. The second kappa shape index (κ2) is 8.24. The van der Waals surface area contributed by atoms with Crippen LogP contribution >= 0.6 is 0 Å². The van der Waals surface area contributed by atoms with Crippen LogP contribution in [0.1, 0.15) is 59.9 Å². The summed E-state index contributed by atoms with van der Waals surface area (Å²) in [6.45, 7) is 4.66. The summed E-state index contributed by atoms with van der Waals surface area (Å²) in [5, 5.41) is 5.80. The molecule has 0 fully saturated rings. The summed E-state index contributed by atoms with van der Waals surface area (Å²) in [6.07, 6.45) is 3.54. The number of aromatic nitrogens is 2. The number of benzene rings is 1. The zero-order valence-corrected chi connectivity index (χ0v) is 16.0. The molecule has 0 saturated heterocycles. The fourth-order valence-corrected chi connectivity index (χ4v) is 3.22. The third kappa shape index (κ3) is 3.97. The van der Waals surface area contributed by atoms with Gasteiger partial charge in [-0.2, -0.15) is 0 Å². The molecule has 0 bridgehead atoms. The highest BCUT2D eigenvalue weighted by Gasteiger charge is 2.28. The van der Waals surface area contributed by atoms with Gasteiger partial charge < -0.3 is 19.9 Å². The van der Waals surface area contributed by atoms with E-state index >= 15 is 0 Å². The van der Waals surface area contributed by atoms with Gasteiger partial charge in [0.2, 0.25) is 0 Å². The number of ether oxygens (including phenoxy) is 1. The number of hydrogen-bond acceptors (Lipinski definition) is 4. The summed E-state index contributed by atoms with van der Waals surface area (Å²) in [7, 11) is 1.56. The monoisotopic (exact) mass is 370 g/mol. The molecule has 0 radical (unpaired) electrons. The lowest BCUT2D eigenvalue weighted by molar-refractivity contribution is 0.0933. The first kappa shape index (κ1) is 18.9. The number of hydrogen-bond donors (Lipinski definition) is 2. The molecule has 144 valence electrons. The normalized spacial score (nSPS) is 14.2. The molecule has 7 heteroatoms. The minimum atomic E-state index is -0.342. The minimum absolute atomic E-state index is 0.0595. The van der Waals surface area contributed by atoms with Crippen LogP contribution in [0.4, 0.5) is 5.69 Å². The van der Waals surface area contributed by atoms with Gasteiger partial charge in [0.1, 0.15) is 11.4 Å². The van der Waals surface area contributed by atoms with Gasteiger partial charge in [-0.15, -0.1) is 0 Å². The number of carbonyl (C=O) groups is 2. The number of carbonyl (C=O) groups excluding carboxylic acids is 2. The average Bonchev–Trinajstić information content (AvgIpc) is 3.08. The highest BCUT2D eigenvalue weighted by molar-refractivity contribution is 6.04. The van der Waals surface area contributed by atoms with Crippen molar-refractivity contribution in [1.82, 2.24) is 14.9 Å². The Labute approximate surface area is 159 Å². The van der Waals surface area contributed by atoms with E-state index in [0.717, 1.165) is 31.4 Å². The molecule has 2 heterocycles.